The van der Waals surface area contributed by atoms with Gasteiger partial charge in [-0.15, -0.1) is 0 Å². The van der Waals surface area contributed by atoms with Gasteiger partial charge >= 0.3 is 0 Å². The van der Waals surface area contributed by atoms with Crippen LogP contribution in [0.1, 0.15) is 12.5 Å². The molecule has 3 rings (SSSR count). The molecule has 1 heterocycles. The van der Waals surface area contributed by atoms with Crippen LogP contribution in [0.4, 0.5) is 11.4 Å². The summed E-state index contributed by atoms with van der Waals surface area (Å²) in [6.45, 7) is 1.73. The number of benzene rings is 2. The number of halogens is 2. The minimum Gasteiger partial charge on any atom is -0.383 e. The van der Waals surface area contributed by atoms with Crippen LogP contribution < -0.4 is 10.6 Å². The minimum absolute atomic E-state index is 0.104. The molecule has 0 unspecified atom stereocenters. The molecular weight excluding hydrogens is 429 g/mol. The number of nitrogens with one attached hydrogen (secondary N) is 2. The fourth-order valence-electron chi connectivity index (χ4n) is 3.00. The average molecular weight is 448 g/mol. The van der Waals surface area contributed by atoms with Crippen molar-refractivity contribution >= 4 is 57.9 Å². The van der Waals surface area contributed by atoms with E-state index in [-0.39, 0.29) is 35.4 Å². The summed E-state index contributed by atoms with van der Waals surface area (Å²) in [6.07, 6.45) is 0. The van der Waals surface area contributed by atoms with E-state index in [4.69, 9.17) is 27.9 Å². The van der Waals surface area contributed by atoms with Crippen LogP contribution in [0, 0.1) is 0 Å². The normalized spacial score (nSPS) is 13.8. The number of carbonyl (C=O) groups is 3. The fourth-order valence-corrected chi connectivity index (χ4v) is 3.51. The Morgan fingerprint density at radius 3 is 2.30 bits per heavy atom. The second kappa shape index (κ2) is 9.30. The van der Waals surface area contributed by atoms with Crippen LogP contribution in [0.3, 0.4) is 0 Å². The topological polar surface area (TPSA) is 87.7 Å². The van der Waals surface area contributed by atoms with E-state index >= 15 is 0 Å². The number of ether oxygens (including phenoxy) is 1. The predicted octanol–water partition coefficient (Wildman–Crippen LogP) is 3.79. The zero-order valence-electron chi connectivity index (χ0n) is 16.3. The van der Waals surface area contributed by atoms with Gasteiger partial charge in [-0.3, -0.25) is 19.3 Å². The summed E-state index contributed by atoms with van der Waals surface area (Å²) in [5.74, 6) is -1.15. The van der Waals surface area contributed by atoms with Gasteiger partial charge in [-0.25, -0.2) is 0 Å². The number of hydrogen-bond acceptors (Lipinski definition) is 5. The fraction of sp³-hybridized carbons (Fsp3) is 0.190. The number of carbonyl (C=O) groups excluding carboxylic acids is 3. The summed E-state index contributed by atoms with van der Waals surface area (Å²) in [5, 5.41) is 6.36. The lowest BCUT2D eigenvalue weighted by Gasteiger charge is -2.14. The molecule has 0 radical (unpaired) electrons. The molecule has 156 valence electrons. The van der Waals surface area contributed by atoms with Crippen molar-refractivity contribution < 1.29 is 19.1 Å². The van der Waals surface area contributed by atoms with Crippen molar-refractivity contribution in [2.75, 3.05) is 30.9 Å². The highest BCUT2D eigenvalue weighted by Crippen LogP contribution is 2.35. The van der Waals surface area contributed by atoms with Gasteiger partial charge in [0.2, 0.25) is 5.91 Å². The van der Waals surface area contributed by atoms with Crippen LogP contribution in [0.2, 0.25) is 10.0 Å². The SMILES string of the molecule is COCCN1C(=O)C(Nc2ccc(NC(C)=O)cc2)=C(c2ccc(Cl)cc2Cl)C1=O. The Balaban J connectivity index is 2.00. The summed E-state index contributed by atoms with van der Waals surface area (Å²) in [5.41, 5.74) is 1.84. The van der Waals surface area contributed by atoms with E-state index in [1.807, 2.05) is 0 Å². The van der Waals surface area contributed by atoms with Gasteiger partial charge in [-0.2, -0.15) is 0 Å². The Kier molecular flexibility index (Phi) is 6.77. The Morgan fingerprint density at radius 2 is 1.70 bits per heavy atom. The van der Waals surface area contributed by atoms with Crippen LogP contribution in [-0.2, 0) is 19.1 Å². The van der Waals surface area contributed by atoms with Gasteiger partial charge in [0, 0.05) is 36.0 Å². The molecule has 0 fully saturated rings. The number of hydrogen-bond donors (Lipinski definition) is 2. The first-order valence-electron chi connectivity index (χ1n) is 9.01. The molecule has 0 spiro atoms. The van der Waals surface area contributed by atoms with Crippen LogP contribution in [-0.4, -0.2) is 42.9 Å². The number of methoxy groups -OCH3 is 1. The first-order valence-corrected chi connectivity index (χ1v) is 9.77. The third-order valence-electron chi connectivity index (χ3n) is 4.36. The predicted molar refractivity (Wildman–Crippen MR) is 116 cm³/mol. The van der Waals surface area contributed by atoms with Gasteiger partial charge in [0.05, 0.1) is 23.7 Å². The molecule has 2 N–H and O–H groups in total. The van der Waals surface area contributed by atoms with E-state index in [9.17, 15) is 14.4 Å². The van der Waals surface area contributed by atoms with E-state index in [0.717, 1.165) is 4.90 Å². The first-order chi connectivity index (χ1) is 14.3. The molecule has 3 amide bonds. The highest BCUT2D eigenvalue weighted by atomic mass is 35.5. The molecule has 0 bridgehead atoms. The highest BCUT2D eigenvalue weighted by Gasteiger charge is 2.39. The Bertz CT molecular complexity index is 1040. The van der Waals surface area contributed by atoms with Crippen molar-refractivity contribution in [2.24, 2.45) is 0 Å². The quantitative estimate of drug-likeness (QED) is 0.630. The molecule has 1 aliphatic rings. The van der Waals surface area contributed by atoms with Crippen LogP contribution in [0.25, 0.3) is 5.57 Å². The van der Waals surface area contributed by atoms with Crippen LogP contribution >= 0.6 is 23.2 Å². The second-order valence-electron chi connectivity index (χ2n) is 6.51. The second-order valence-corrected chi connectivity index (χ2v) is 7.36. The van der Waals surface area contributed by atoms with Crippen molar-refractivity contribution in [3.05, 3.63) is 63.8 Å². The van der Waals surface area contributed by atoms with E-state index in [2.05, 4.69) is 10.6 Å². The van der Waals surface area contributed by atoms with Crippen molar-refractivity contribution in [3.63, 3.8) is 0 Å². The van der Waals surface area contributed by atoms with E-state index in [0.29, 0.717) is 22.0 Å². The maximum atomic E-state index is 13.0. The van der Waals surface area contributed by atoms with Crippen molar-refractivity contribution in [1.82, 2.24) is 4.90 Å². The minimum atomic E-state index is -0.482. The van der Waals surface area contributed by atoms with Gasteiger partial charge in [0.25, 0.3) is 11.8 Å². The van der Waals surface area contributed by atoms with Crippen molar-refractivity contribution in [2.45, 2.75) is 6.92 Å². The molecule has 7 nitrogen and oxygen atoms in total. The molecular formula is C21H19Cl2N3O4. The zero-order valence-corrected chi connectivity index (χ0v) is 17.8. The highest BCUT2D eigenvalue weighted by molar-refractivity contribution is 6.41. The molecule has 0 atom stereocenters. The van der Waals surface area contributed by atoms with Gasteiger partial charge < -0.3 is 15.4 Å². The van der Waals surface area contributed by atoms with Gasteiger partial charge in [-0.05, 0) is 36.4 Å². The average Bonchev–Trinajstić information content (AvgIpc) is 2.91. The Labute approximate surface area is 183 Å². The molecule has 2 aromatic carbocycles. The number of imide groups is 1. The van der Waals surface area contributed by atoms with Crippen LogP contribution in [0.15, 0.2) is 48.2 Å². The van der Waals surface area contributed by atoms with E-state index < -0.39 is 11.8 Å². The Hall–Kier alpha value is -2.87. The van der Waals surface area contributed by atoms with E-state index in [1.54, 1.807) is 36.4 Å². The summed E-state index contributed by atoms with van der Waals surface area (Å²) in [4.78, 5) is 38.3. The molecule has 1 aliphatic heterocycles. The lowest BCUT2D eigenvalue weighted by Crippen LogP contribution is -2.35. The lowest BCUT2D eigenvalue weighted by molar-refractivity contribution is -0.137. The first kappa shape index (κ1) is 21.8. The van der Waals surface area contributed by atoms with Crippen molar-refractivity contribution in [1.29, 1.82) is 0 Å². The number of rotatable bonds is 7. The summed E-state index contributed by atoms with van der Waals surface area (Å²) in [6, 6.07) is 11.5. The maximum Gasteiger partial charge on any atom is 0.278 e. The standard InChI is InChI=1S/C21H19Cl2N3O4/c1-12(27)24-14-4-6-15(7-5-14)25-19-18(16-8-3-13(22)11-17(16)23)20(28)26(21(19)29)9-10-30-2/h3-8,11,25H,9-10H2,1-2H3,(H,24,27). The van der Waals surface area contributed by atoms with Gasteiger partial charge in [0.1, 0.15) is 5.70 Å². The van der Waals surface area contributed by atoms with Gasteiger partial charge in [0.15, 0.2) is 0 Å². The summed E-state index contributed by atoms with van der Waals surface area (Å²) < 4.78 is 5.02. The molecule has 0 aliphatic carbocycles. The molecule has 30 heavy (non-hydrogen) atoms. The smallest absolute Gasteiger partial charge is 0.278 e. The van der Waals surface area contributed by atoms with Gasteiger partial charge in [-0.1, -0.05) is 29.3 Å². The largest absolute Gasteiger partial charge is 0.383 e. The number of anilines is 2. The molecule has 0 saturated heterocycles. The van der Waals surface area contributed by atoms with Crippen LogP contribution in [0.5, 0.6) is 0 Å². The Morgan fingerprint density at radius 1 is 1.03 bits per heavy atom. The molecule has 0 aromatic heterocycles. The lowest BCUT2D eigenvalue weighted by atomic mass is 10.0. The maximum absolute atomic E-state index is 13.0. The third-order valence-corrected chi connectivity index (χ3v) is 4.91. The number of nitrogens with zero attached hydrogens (tertiary/aromatic N) is 1. The number of amides is 3. The molecule has 2 aromatic rings. The summed E-state index contributed by atoms with van der Waals surface area (Å²) >= 11 is 12.3. The third kappa shape index (κ3) is 4.64. The monoisotopic (exact) mass is 447 g/mol. The summed E-state index contributed by atoms with van der Waals surface area (Å²) in [7, 11) is 1.49. The van der Waals surface area contributed by atoms with E-state index in [1.165, 1.54) is 20.1 Å². The van der Waals surface area contributed by atoms with Crippen molar-refractivity contribution in [3.8, 4) is 0 Å². The molecule has 0 saturated carbocycles. The molecule has 9 heteroatoms. The zero-order chi connectivity index (χ0) is 21.8.